The minimum Gasteiger partial charge on any atom is -0.361 e. The van der Waals surface area contributed by atoms with Gasteiger partial charge in [0.2, 0.25) is 5.91 Å². The smallest absolute Gasteiger partial charge is 0.221 e. The maximum absolute atomic E-state index is 13.3. The number of carbonyl (C=O) groups excluding carboxylic acids is 1. The summed E-state index contributed by atoms with van der Waals surface area (Å²) in [5.74, 6) is 1.09. The quantitative estimate of drug-likeness (QED) is 0.401. The number of nitrogens with zero attached hydrogens (tertiary/aromatic N) is 1. The Morgan fingerprint density at radius 3 is 2.29 bits per heavy atom. The number of allylic oxidation sites excluding steroid dienone is 2. The summed E-state index contributed by atoms with van der Waals surface area (Å²) in [6, 6.07) is 11.0. The molecule has 1 aliphatic carbocycles. The zero-order valence-corrected chi connectivity index (χ0v) is 16.8. The van der Waals surface area contributed by atoms with Crippen LogP contribution in [0.4, 0.5) is 0 Å². The largest absolute Gasteiger partial charge is 0.361 e. The van der Waals surface area contributed by atoms with Gasteiger partial charge in [-0.25, -0.2) is 0 Å². The molecule has 3 atom stereocenters. The van der Waals surface area contributed by atoms with Crippen LogP contribution in [0.1, 0.15) is 51.6 Å². The molecule has 1 aromatic rings. The average Bonchev–Trinajstić information content (AvgIpc) is 2.53. The van der Waals surface area contributed by atoms with E-state index >= 15 is 0 Å². The number of hydrogen-bond donors (Lipinski definition) is 0. The van der Waals surface area contributed by atoms with E-state index in [1.807, 2.05) is 0 Å². The van der Waals surface area contributed by atoms with E-state index in [1.54, 1.807) is 0 Å². The van der Waals surface area contributed by atoms with Gasteiger partial charge in [-0.2, -0.15) is 0 Å². The van der Waals surface area contributed by atoms with Crippen LogP contribution in [-0.2, 0) is 4.79 Å². The molecule has 2 nitrogen and oxygen atoms in total. The molecule has 0 bridgehead atoms. The van der Waals surface area contributed by atoms with Crippen molar-refractivity contribution in [3.8, 4) is 0 Å². The van der Waals surface area contributed by atoms with Crippen LogP contribution in [0.3, 0.4) is 0 Å². The van der Waals surface area contributed by atoms with Crippen LogP contribution in [0.25, 0.3) is 0 Å². The van der Waals surface area contributed by atoms with Crippen molar-refractivity contribution >= 4 is 14.1 Å². The molecule has 1 saturated heterocycles. The highest BCUT2D eigenvalue weighted by atomic mass is 28.3. The summed E-state index contributed by atoms with van der Waals surface area (Å²) in [6.07, 6.45) is 7.88. The van der Waals surface area contributed by atoms with Crippen LogP contribution in [-0.4, -0.2) is 18.7 Å². The van der Waals surface area contributed by atoms with E-state index in [-0.39, 0.29) is 17.0 Å². The van der Waals surface area contributed by atoms with Gasteiger partial charge in [0.25, 0.3) is 0 Å². The van der Waals surface area contributed by atoms with E-state index in [4.69, 9.17) is 0 Å². The van der Waals surface area contributed by atoms with E-state index in [0.717, 1.165) is 19.3 Å². The van der Waals surface area contributed by atoms with Crippen LogP contribution in [0.5, 0.6) is 0 Å². The van der Waals surface area contributed by atoms with Crippen molar-refractivity contribution in [2.75, 3.05) is 0 Å². The molecule has 130 valence electrons. The second-order valence-electron chi connectivity index (χ2n) is 8.94. The second kappa shape index (κ2) is 6.18. The molecular weight excluding hydrogens is 310 g/mol. The minimum atomic E-state index is -1.87. The minimum absolute atomic E-state index is 0.173. The standard InChI is InChI=1S/C21H31NOSi/c1-21(2,3)24(4,5)22-19(17-14-10-7-11-15-17)18(20(22)23)16-12-8-6-9-13-16/h6-8,10-11,14-16,18-19H,9,12-13H2,1-5H3/t16?,18-,19-/m1/s1. The predicted octanol–water partition coefficient (Wildman–Crippen LogP) is 5.55. The molecule has 1 aliphatic heterocycles. The number of hydrogen-bond acceptors (Lipinski definition) is 1. The number of carbonyl (C=O) groups is 1. The molecular formula is C21H31NOSi. The van der Waals surface area contributed by atoms with Gasteiger partial charge in [-0.3, -0.25) is 4.79 Å². The van der Waals surface area contributed by atoms with Crippen molar-refractivity contribution in [3.63, 3.8) is 0 Å². The van der Waals surface area contributed by atoms with Gasteiger partial charge in [0.05, 0.1) is 12.0 Å². The Bertz CT molecular complexity index is 629. The Labute approximate surface area is 148 Å². The van der Waals surface area contributed by atoms with E-state index in [0.29, 0.717) is 11.8 Å². The molecule has 3 heteroatoms. The van der Waals surface area contributed by atoms with Gasteiger partial charge >= 0.3 is 0 Å². The summed E-state index contributed by atoms with van der Waals surface area (Å²) in [5, 5.41) is 0.174. The third-order valence-electron chi connectivity index (χ3n) is 6.54. The summed E-state index contributed by atoms with van der Waals surface area (Å²) in [6.45, 7) is 11.6. The van der Waals surface area contributed by atoms with E-state index in [9.17, 15) is 4.79 Å². The number of benzene rings is 1. The van der Waals surface area contributed by atoms with Crippen molar-refractivity contribution in [1.29, 1.82) is 0 Å². The summed E-state index contributed by atoms with van der Waals surface area (Å²) < 4.78 is 2.31. The maximum atomic E-state index is 13.3. The van der Waals surface area contributed by atoms with Crippen LogP contribution >= 0.6 is 0 Å². The normalized spacial score (nSPS) is 28.0. The number of rotatable bonds is 3. The van der Waals surface area contributed by atoms with Crippen LogP contribution in [0, 0.1) is 11.8 Å². The van der Waals surface area contributed by atoms with E-state index in [2.05, 4.69) is 80.9 Å². The fraction of sp³-hybridized carbons (Fsp3) is 0.571. The lowest BCUT2D eigenvalue weighted by atomic mass is 9.72. The fourth-order valence-corrected chi connectivity index (χ4v) is 6.53. The predicted molar refractivity (Wildman–Crippen MR) is 103 cm³/mol. The molecule has 1 aromatic carbocycles. The first kappa shape index (κ1) is 17.5. The Kier molecular flexibility index (Phi) is 4.50. The van der Waals surface area contributed by atoms with Gasteiger partial charge in [-0.05, 0) is 35.8 Å². The molecule has 24 heavy (non-hydrogen) atoms. The van der Waals surface area contributed by atoms with Crippen molar-refractivity contribution in [2.24, 2.45) is 11.8 Å². The molecule has 0 spiro atoms. The summed E-state index contributed by atoms with van der Waals surface area (Å²) in [4.78, 5) is 13.3. The molecule has 2 aliphatic rings. The fourth-order valence-electron chi connectivity index (χ4n) is 4.11. The van der Waals surface area contributed by atoms with Crippen molar-refractivity contribution in [3.05, 3.63) is 48.0 Å². The van der Waals surface area contributed by atoms with E-state index in [1.165, 1.54) is 5.56 Å². The van der Waals surface area contributed by atoms with E-state index < -0.39 is 8.24 Å². The third kappa shape index (κ3) is 2.77. The number of amides is 1. The van der Waals surface area contributed by atoms with Gasteiger partial charge in [0, 0.05) is 0 Å². The molecule has 0 saturated carbocycles. The Morgan fingerprint density at radius 2 is 1.75 bits per heavy atom. The second-order valence-corrected chi connectivity index (χ2v) is 14.0. The third-order valence-corrected chi connectivity index (χ3v) is 11.9. The van der Waals surface area contributed by atoms with Gasteiger partial charge in [0.1, 0.15) is 0 Å². The molecule has 1 fully saturated rings. The number of β-lactam (4-membered cyclic amide) rings is 1. The molecule has 1 heterocycles. The zero-order chi connectivity index (χ0) is 17.5. The molecule has 0 aromatic heterocycles. The lowest BCUT2D eigenvalue weighted by Gasteiger charge is -2.60. The molecule has 1 amide bonds. The van der Waals surface area contributed by atoms with Crippen molar-refractivity contribution in [2.45, 2.75) is 64.2 Å². The average molecular weight is 342 g/mol. The highest BCUT2D eigenvalue weighted by Gasteiger charge is 2.59. The monoisotopic (exact) mass is 341 g/mol. The first-order chi connectivity index (χ1) is 11.2. The van der Waals surface area contributed by atoms with Crippen molar-refractivity contribution in [1.82, 2.24) is 4.57 Å². The Balaban J connectivity index is 1.98. The topological polar surface area (TPSA) is 20.3 Å². The molecule has 0 N–H and O–H groups in total. The van der Waals surface area contributed by atoms with Gasteiger partial charge in [0.15, 0.2) is 8.24 Å². The maximum Gasteiger partial charge on any atom is 0.221 e. The lowest BCUT2D eigenvalue weighted by Crippen LogP contribution is -2.69. The SMILES string of the molecule is CC(C)(C)[Si](C)(C)N1C(=O)[C@H](C2CC=CCC2)[C@H]1c1ccccc1. The highest BCUT2D eigenvalue weighted by molar-refractivity contribution is 6.80. The van der Waals surface area contributed by atoms with Gasteiger partial charge in [-0.15, -0.1) is 0 Å². The van der Waals surface area contributed by atoms with Gasteiger partial charge in [-0.1, -0.05) is 76.3 Å². The zero-order valence-electron chi connectivity index (χ0n) is 15.8. The van der Waals surface area contributed by atoms with Crippen LogP contribution < -0.4 is 0 Å². The highest BCUT2D eigenvalue weighted by Crippen LogP contribution is 2.54. The lowest BCUT2D eigenvalue weighted by molar-refractivity contribution is -0.152. The van der Waals surface area contributed by atoms with Crippen LogP contribution in [0.2, 0.25) is 18.1 Å². The first-order valence-corrected chi connectivity index (χ1v) is 12.2. The Morgan fingerprint density at radius 1 is 1.08 bits per heavy atom. The molecule has 1 unspecified atom stereocenters. The van der Waals surface area contributed by atoms with Crippen molar-refractivity contribution < 1.29 is 4.79 Å². The summed E-state index contributed by atoms with van der Waals surface area (Å²) in [5.41, 5.74) is 1.32. The summed E-state index contributed by atoms with van der Waals surface area (Å²) >= 11 is 0. The molecule has 0 radical (unpaired) electrons. The molecule has 3 rings (SSSR count). The van der Waals surface area contributed by atoms with Crippen LogP contribution in [0.15, 0.2) is 42.5 Å². The first-order valence-electron chi connectivity index (χ1n) is 9.28. The summed E-state index contributed by atoms with van der Waals surface area (Å²) in [7, 11) is -1.87. The Hall–Kier alpha value is -1.35. The van der Waals surface area contributed by atoms with Gasteiger partial charge < -0.3 is 4.57 Å².